The second kappa shape index (κ2) is 10.1. The molecule has 3 aromatic rings. The SMILES string of the molecule is C[C@@H](OC(=O)c1ccccc1NC(=O)c1ccco1)C(=O)NCCc1ccccc1. The number of ether oxygens (including phenoxy) is 1. The standard InChI is InChI=1S/C23H22N2O5/c1-16(21(26)24-14-13-17-8-3-2-4-9-17)30-23(28)18-10-5-6-11-19(18)25-22(27)20-12-7-15-29-20/h2-12,15-16H,13-14H2,1H3,(H,24,26)(H,25,27)/t16-/m1/s1. The highest BCUT2D eigenvalue weighted by molar-refractivity contribution is 6.06. The van der Waals surface area contributed by atoms with E-state index in [0.717, 1.165) is 5.56 Å². The van der Waals surface area contributed by atoms with Crippen LogP contribution in [-0.2, 0) is 16.0 Å². The van der Waals surface area contributed by atoms with Crippen LogP contribution in [0.2, 0.25) is 0 Å². The summed E-state index contributed by atoms with van der Waals surface area (Å²) in [7, 11) is 0. The average molecular weight is 406 g/mol. The third kappa shape index (κ3) is 5.57. The first-order valence-electron chi connectivity index (χ1n) is 9.51. The van der Waals surface area contributed by atoms with Gasteiger partial charge in [0, 0.05) is 6.54 Å². The van der Waals surface area contributed by atoms with Crippen LogP contribution in [0.25, 0.3) is 0 Å². The summed E-state index contributed by atoms with van der Waals surface area (Å²) in [5.41, 5.74) is 1.51. The predicted octanol–water partition coefficient (Wildman–Crippen LogP) is 3.44. The first-order valence-corrected chi connectivity index (χ1v) is 9.51. The van der Waals surface area contributed by atoms with E-state index in [0.29, 0.717) is 13.0 Å². The Balaban J connectivity index is 1.55. The van der Waals surface area contributed by atoms with Crippen molar-refractivity contribution in [1.82, 2.24) is 5.32 Å². The van der Waals surface area contributed by atoms with Crippen molar-refractivity contribution in [3.63, 3.8) is 0 Å². The fraction of sp³-hybridized carbons (Fsp3) is 0.174. The number of carbonyl (C=O) groups is 3. The van der Waals surface area contributed by atoms with Crippen LogP contribution < -0.4 is 10.6 Å². The molecule has 3 rings (SSSR count). The lowest BCUT2D eigenvalue weighted by molar-refractivity contribution is -0.129. The number of benzene rings is 2. The van der Waals surface area contributed by atoms with E-state index >= 15 is 0 Å². The Morgan fingerprint density at radius 1 is 0.967 bits per heavy atom. The van der Waals surface area contributed by atoms with Crippen molar-refractivity contribution in [2.24, 2.45) is 0 Å². The second-order valence-electron chi connectivity index (χ2n) is 6.55. The Bertz CT molecular complexity index is 999. The number of hydrogen-bond acceptors (Lipinski definition) is 5. The molecule has 2 aromatic carbocycles. The largest absolute Gasteiger partial charge is 0.459 e. The summed E-state index contributed by atoms with van der Waals surface area (Å²) in [6.45, 7) is 1.93. The highest BCUT2D eigenvalue weighted by Gasteiger charge is 2.21. The van der Waals surface area contributed by atoms with E-state index in [2.05, 4.69) is 10.6 Å². The molecule has 0 aliphatic rings. The zero-order valence-electron chi connectivity index (χ0n) is 16.5. The Hall–Kier alpha value is -3.87. The normalized spacial score (nSPS) is 11.4. The summed E-state index contributed by atoms with van der Waals surface area (Å²) in [6.07, 6.45) is 1.07. The summed E-state index contributed by atoms with van der Waals surface area (Å²) in [4.78, 5) is 37.0. The van der Waals surface area contributed by atoms with Crippen LogP contribution in [0.3, 0.4) is 0 Å². The maximum atomic E-state index is 12.6. The molecular formula is C23H22N2O5. The van der Waals surface area contributed by atoms with E-state index in [-0.39, 0.29) is 17.0 Å². The minimum atomic E-state index is -0.984. The Morgan fingerprint density at radius 2 is 1.70 bits per heavy atom. The monoisotopic (exact) mass is 406 g/mol. The molecule has 0 spiro atoms. The molecule has 2 N–H and O–H groups in total. The quantitative estimate of drug-likeness (QED) is 0.559. The lowest BCUT2D eigenvalue weighted by Crippen LogP contribution is -2.37. The molecule has 1 atom stereocenters. The minimum absolute atomic E-state index is 0.115. The van der Waals surface area contributed by atoms with Crippen LogP contribution in [0.5, 0.6) is 0 Å². The third-order valence-corrected chi connectivity index (χ3v) is 4.35. The number of rotatable bonds is 8. The minimum Gasteiger partial charge on any atom is -0.459 e. The molecule has 0 fully saturated rings. The van der Waals surface area contributed by atoms with Crippen molar-refractivity contribution in [3.8, 4) is 0 Å². The first-order chi connectivity index (χ1) is 14.5. The van der Waals surface area contributed by atoms with Gasteiger partial charge in [-0.05, 0) is 43.2 Å². The van der Waals surface area contributed by atoms with Crippen LogP contribution in [0.1, 0.15) is 33.4 Å². The molecule has 0 saturated heterocycles. The van der Waals surface area contributed by atoms with Crippen molar-refractivity contribution >= 4 is 23.5 Å². The van der Waals surface area contributed by atoms with Crippen LogP contribution in [0, 0.1) is 0 Å². The van der Waals surface area contributed by atoms with Crippen LogP contribution in [0.15, 0.2) is 77.4 Å². The highest BCUT2D eigenvalue weighted by Crippen LogP contribution is 2.18. The molecular weight excluding hydrogens is 384 g/mol. The van der Waals surface area contributed by atoms with Crippen LogP contribution in [0.4, 0.5) is 5.69 Å². The molecule has 0 aliphatic heterocycles. The average Bonchev–Trinajstić information content (AvgIpc) is 3.30. The summed E-state index contributed by atoms with van der Waals surface area (Å²) >= 11 is 0. The van der Waals surface area contributed by atoms with Crippen molar-refractivity contribution in [1.29, 1.82) is 0 Å². The highest BCUT2D eigenvalue weighted by atomic mass is 16.5. The van der Waals surface area contributed by atoms with Crippen molar-refractivity contribution in [3.05, 3.63) is 89.9 Å². The molecule has 30 heavy (non-hydrogen) atoms. The first kappa shape index (κ1) is 20.9. The molecule has 0 radical (unpaired) electrons. The van der Waals surface area contributed by atoms with E-state index < -0.39 is 23.9 Å². The van der Waals surface area contributed by atoms with Gasteiger partial charge in [0.05, 0.1) is 17.5 Å². The number of amides is 2. The van der Waals surface area contributed by atoms with E-state index in [1.54, 1.807) is 24.3 Å². The van der Waals surface area contributed by atoms with E-state index in [4.69, 9.17) is 9.15 Å². The van der Waals surface area contributed by atoms with Gasteiger partial charge in [0.15, 0.2) is 11.9 Å². The van der Waals surface area contributed by atoms with Gasteiger partial charge in [-0.1, -0.05) is 42.5 Å². The van der Waals surface area contributed by atoms with E-state index in [1.807, 2.05) is 30.3 Å². The van der Waals surface area contributed by atoms with Gasteiger partial charge in [0.25, 0.3) is 11.8 Å². The second-order valence-corrected chi connectivity index (χ2v) is 6.55. The Morgan fingerprint density at radius 3 is 2.43 bits per heavy atom. The van der Waals surface area contributed by atoms with Crippen molar-refractivity contribution in [2.45, 2.75) is 19.4 Å². The smallest absolute Gasteiger partial charge is 0.341 e. The van der Waals surface area contributed by atoms with E-state index in [1.165, 1.54) is 25.3 Å². The fourth-order valence-corrected chi connectivity index (χ4v) is 2.76. The molecule has 1 aromatic heterocycles. The third-order valence-electron chi connectivity index (χ3n) is 4.35. The topological polar surface area (TPSA) is 97.6 Å². The number of para-hydroxylation sites is 1. The lowest BCUT2D eigenvalue weighted by Gasteiger charge is -2.15. The van der Waals surface area contributed by atoms with Gasteiger partial charge in [-0.25, -0.2) is 4.79 Å². The summed E-state index contributed by atoms with van der Waals surface area (Å²) in [5.74, 6) is -1.48. The van der Waals surface area contributed by atoms with Gasteiger partial charge in [0.2, 0.25) is 0 Å². The van der Waals surface area contributed by atoms with E-state index in [9.17, 15) is 14.4 Å². The molecule has 0 unspecified atom stereocenters. The van der Waals surface area contributed by atoms with Gasteiger partial charge < -0.3 is 19.8 Å². The molecule has 0 aliphatic carbocycles. The molecule has 2 amide bonds. The molecule has 1 heterocycles. The number of nitrogens with one attached hydrogen (secondary N) is 2. The van der Waals surface area contributed by atoms with Crippen LogP contribution >= 0.6 is 0 Å². The number of hydrogen-bond donors (Lipinski definition) is 2. The van der Waals surface area contributed by atoms with Crippen molar-refractivity contribution < 1.29 is 23.5 Å². The molecule has 0 saturated carbocycles. The number of furan rings is 1. The zero-order valence-corrected chi connectivity index (χ0v) is 16.5. The van der Waals surface area contributed by atoms with Gasteiger partial charge in [-0.2, -0.15) is 0 Å². The number of anilines is 1. The number of esters is 1. The van der Waals surface area contributed by atoms with Gasteiger partial charge in [0.1, 0.15) is 0 Å². The molecule has 7 nitrogen and oxygen atoms in total. The molecule has 7 heteroatoms. The Labute approximate surface area is 174 Å². The van der Waals surface area contributed by atoms with Crippen molar-refractivity contribution in [2.75, 3.05) is 11.9 Å². The summed E-state index contributed by atoms with van der Waals surface area (Å²) in [5, 5.41) is 5.37. The Kier molecular flexibility index (Phi) is 7.00. The summed E-state index contributed by atoms with van der Waals surface area (Å²) in [6, 6.07) is 19.3. The summed E-state index contributed by atoms with van der Waals surface area (Å²) < 4.78 is 10.3. The van der Waals surface area contributed by atoms with Crippen LogP contribution in [-0.4, -0.2) is 30.4 Å². The zero-order chi connectivity index (χ0) is 21.3. The maximum absolute atomic E-state index is 12.6. The van der Waals surface area contributed by atoms with Gasteiger partial charge in [-0.3, -0.25) is 9.59 Å². The number of carbonyl (C=O) groups excluding carboxylic acids is 3. The van der Waals surface area contributed by atoms with Gasteiger partial charge in [-0.15, -0.1) is 0 Å². The lowest BCUT2D eigenvalue weighted by atomic mass is 10.1. The van der Waals surface area contributed by atoms with Gasteiger partial charge >= 0.3 is 5.97 Å². The predicted molar refractivity (Wildman–Crippen MR) is 111 cm³/mol. The molecule has 154 valence electrons. The fourth-order valence-electron chi connectivity index (χ4n) is 2.76. The molecule has 0 bridgehead atoms. The maximum Gasteiger partial charge on any atom is 0.341 e.